The molecule has 0 bridgehead atoms. The minimum Gasteiger partial charge on any atom is -0.382 e. The van der Waals surface area contributed by atoms with Gasteiger partial charge in [-0.25, -0.2) is 4.98 Å². The number of hydrogen-bond donors (Lipinski definition) is 3. The number of primary amides is 1. The average molecular weight is 438 g/mol. The van der Waals surface area contributed by atoms with Gasteiger partial charge in [-0.3, -0.25) is 9.59 Å². The van der Waals surface area contributed by atoms with Crippen LogP contribution in [0, 0.1) is 5.92 Å². The predicted octanol–water partition coefficient (Wildman–Crippen LogP) is 4.50. The summed E-state index contributed by atoms with van der Waals surface area (Å²) >= 11 is 0. The van der Waals surface area contributed by atoms with Crippen molar-refractivity contribution in [3.8, 4) is 0 Å². The van der Waals surface area contributed by atoms with E-state index in [1.165, 1.54) is 11.8 Å². The van der Waals surface area contributed by atoms with E-state index in [1.54, 1.807) is 0 Å². The quantitative estimate of drug-likeness (QED) is 0.565. The van der Waals surface area contributed by atoms with Gasteiger partial charge in [-0.05, 0) is 49.3 Å². The van der Waals surface area contributed by atoms with Gasteiger partial charge in [0.05, 0.1) is 11.3 Å². The lowest BCUT2D eigenvalue weighted by molar-refractivity contribution is -0.131. The number of amides is 2. The van der Waals surface area contributed by atoms with E-state index in [0.717, 1.165) is 31.6 Å². The van der Waals surface area contributed by atoms with Gasteiger partial charge < -0.3 is 21.3 Å². The first kappa shape index (κ1) is 23.6. The summed E-state index contributed by atoms with van der Waals surface area (Å²) in [5.41, 5.74) is 8.81. The molecule has 0 aliphatic carbocycles. The lowest BCUT2D eigenvalue weighted by Gasteiger charge is -2.32. The second-order valence-corrected chi connectivity index (χ2v) is 8.91. The summed E-state index contributed by atoms with van der Waals surface area (Å²) in [5.74, 6) is 1.27. The lowest BCUT2D eigenvalue weighted by Crippen LogP contribution is -2.37. The monoisotopic (exact) mass is 437 g/mol. The fourth-order valence-corrected chi connectivity index (χ4v) is 3.92. The molecule has 1 atom stereocenters. The van der Waals surface area contributed by atoms with E-state index in [0.29, 0.717) is 35.3 Å². The highest BCUT2D eigenvalue weighted by atomic mass is 16.2. The molecule has 1 fully saturated rings. The molecule has 1 aromatic carbocycles. The highest BCUT2D eigenvalue weighted by molar-refractivity contribution is 5.98. The number of aromatic nitrogens is 1. The average Bonchev–Trinajstić information content (AvgIpc) is 2.79. The summed E-state index contributed by atoms with van der Waals surface area (Å²) in [6.45, 7) is 9.89. The molecule has 1 unspecified atom stereocenters. The number of carbonyl (C=O) groups is 2. The van der Waals surface area contributed by atoms with Gasteiger partial charge in [0.1, 0.15) is 5.82 Å². The molecule has 2 heterocycles. The second kappa shape index (κ2) is 10.5. The molecule has 2 aromatic rings. The maximum absolute atomic E-state index is 11.9. The third-order valence-electron chi connectivity index (χ3n) is 6.36. The SMILES string of the molecule is CCC(=O)N1CCC(c2ccc(Nc3cc(NC(C)C(C)C)c(C(N)=O)cn3)cc2)CC1. The van der Waals surface area contributed by atoms with Gasteiger partial charge in [0.2, 0.25) is 5.91 Å². The number of benzene rings is 1. The summed E-state index contributed by atoms with van der Waals surface area (Å²) in [5, 5.41) is 6.69. The van der Waals surface area contributed by atoms with Crippen molar-refractivity contribution in [1.29, 1.82) is 0 Å². The van der Waals surface area contributed by atoms with Crippen molar-refractivity contribution in [2.24, 2.45) is 11.7 Å². The van der Waals surface area contributed by atoms with Crippen LogP contribution in [0.4, 0.5) is 17.2 Å². The van der Waals surface area contributed by atoms with Crippen molar-refractivity contribution in [3.63, 3.8) is 0 Å². The second-order valence-electron chi connectivity index (χ2n) is 8.91. The van der Waals surface area contributed by atoms with Crippen LogP contribution < -0.4 is 16.4 Å². The van der Waals surface area contributed by atoms with Gasteiger partial charge in [-0.15, -0.1) is 0 Å². The third-order valence-corrected chi connectivity index (χ3v) is 6.36. The topological polar surface area (TPSA) is 100 Å². The number of nitrogens with two attached hydrogens (primary N) is 1. The number of carbonyl (C=O) groups excluding carboxylic acids is 2. The molecular formula is C25H35N5O2. The molecule has 1 saturated heterocycles. The van der Waals surface area contributed by atoms with Crippen molar-refractivity contribution >= 4 is 29.0 Å². The number of nitrogens with one attached hydrogen (secondary N) is 2. The summed E-state index contributed by atoms with van der Waals surface area (Å²) in [7, 11) is 0. The molecule has 7 heteroatoms. The summed E-state index contributed by atoms with van der Waals surface area (Å²) in [4.78, 5) is 30.0. The Labute approximate surface area is 190 Å². The molecule has 0 spiro atoms. The zero-order valence-electron chi connectivity index (χ0n) is 19.5. The largest absolute Gasteiger partial charge is 0.382 e. The number of pyridine rings is 1. The summed E-state index contributed by atoms with van der Waals surface area (Å²) in [6.07, 6.45) is 4.09. The Morgan fingerprint density at radius 1 is 1.16 bits per heavy atom. The molecular weight excluding hydrogens is 402 g/mol. The van der Waals surface area contributed by atoms with Gasteiger partial charge in [0.15, 0.2) is 0 Å². The standard InChI is InChI=1S/C25H35N5O2/c1-5-24(31)30-12-10-19(11-13-30)18-6-8-20(9-7-18)29-23-14-22(28-17(4)16(2)3)21(15-27-23)25(26)32/h6-9,14-17,19H,5,10-13H2,1-4H3,(H2,26,32)(H2,27,28,29). The number of nitrogens with zero attached hydrogens (tertiary/aromatic N) is 2. The maximum atomic E-state index is 11.9. The van der Waals surface area contributed by atoms with Crippen LogP contribution in [0.1, 0.15) is 68.8 Å². The Hall–Kier alpha value is -3.09. The molecule has 32 heavy (non-hydrogen) atoms. The van der Waals surface area contributed by atoms with Crippen molar-refractivity contribution in [1.82, 2.24) is 9.88 Å². The molecule has 172 valence electrons. The Morgan fingerprint density at radius 2 is 1.81 bits per heavy atom. The number of hydrogen-bond acceptors (Lipinski definition) is 5. The van der Waals surface area contributed by atoms with Crippen molar-refractivity contribution in [2.45, 2.75) is 58.9 Å². The normalized spacial score (nSPS) is 15.5. The van der Waals surface area contributed by atoms with Crippen LogP contribution in [0.2, 0.25) is 0 Å². The Bertz CT molecular complexity index is 934. The van der Waals surface area contributed by atoms with Crippen molar-refractivity contribution in [3.05, 3.63) is 47.7 Å². The smallest absolute Gasteiger partial charge is 0.252 e. The van der Waals surface area contributed by atoms with Crippen LogP contribution in [0.25, 0.3) is 0 Å². The third kappa shape index (κ3) is 5.78. The highest BCUT2D eigenvalue weighted by Gasteiger charge is 2.23. The Kier molecular flexibility index (Phi) is 7.72. The molecule has 3 rings (SSSR count). The van der Waals surface area contributed by atoms with Crippen LogP contribution in [-0.2, 0) is 4.79 Å². The zero-order valence-corrected chi connectivity index (χ0v) is 19.5. The zero-order chi connectivity index (χ0) is 23.3. The van der Waals surface area contributed by atoms with E-state index >= 15 is 0 Å². The number of anilines is 3. The van der Waals surface area contributed by atoms with Crippen LogP contribution in [-0.4, -0.2) is 40.8 Å². The Balaban J connectivity index is 1.67. The van der Waals surface area contributed by atoms with Crippen molar-refractivity contribution < 1.29 is 9.59 Å². The minimum absolute atomic E-state index is 0.182. The van der Waals surface area contributed by atoms with Gasteiger partial charge >= 0.3 is 0 Å². The van der Waals surface area contributed by atoms with Crippen LogP contribution in [0.3, 0.4) is 0 Å². The van der Waals surface area contributed by atoms with Gasteiger partial charge in [0, 0.05) is 43.5 Å². The summed E-state index contributed by atoms with van der Waals surface area (Å²) < 4.78 is 0. The van der Waals surface area contributed by atoms with Gasteiger partial charge in [-0.1, -0.05) is 32.9 Å². The molecule has 7 nitrogen and oxygen atoms in total. The lowest BCUT2D eigenvalue weighted by atomic mass is 9.89. The Morgan fingerprint density at radius 3 is 2.38 bits per heavy atom. The maximum Gasteiger partial charge on any atom is 0.252 e. The van der Waals surface area contributed by atoms with E-state index in [1.807, 2.05) is 30.0 Å². The molecule has 2 amide bonds. The minimum atomic E-state index is -0.501. The van der Waals surface area contributed by atoms with Crippen LogP contribution in [0.5, 0.6) is 0 Å². The highest BCUT2D eigenvalue weighted by Crippen LogP contribution is 2.30. The fourth-order valence-electron chi connectivity index (χ4n) is 3.92. The molecule has 4 N–H and O–H groups in total. The first-order valence-corrected chi connectivity index (χ1v) is 11.5. The van der Waals surface area contributed by atoms with Gasteiger partial charge in [0.25, 0.3) is 5.91 Å². The van der Waals surface area contributed by atoms with Gasteiger partial charge in [-0.2, -0.15) is 0 Å². The molecule has 0 saturated carbocycles. The first-order valence-electron chi connectivity index (χ1n) is 11.5. The first-order chi connectivity index (χ1) is 15.3. The number of rotatable bonds is 8. The van der Waals surface area contributed by atoms with E-state index in [4.69, 9.17) is 5.73 Å². The molecule has 1 aliphatic rings. The van der Waals surface area contributed by atoms with E-state index in [2.05, 4.69) is 48.5 Å². The predicted molar refractivity (Wildman–Crippen MR) is 129 cm³/mol. The number of piperidine rings is 1. The van der Waals surface area contributed by atoms with Crippen LogP contribution in [0.15, 0.2) is 36.5 Å². The molecule has 1 aliphatic heterocycles. The fraction of sp³-hybridized carbons (Fsp3) is 0.480. The number of likely N-dealkylation sites (tertiary alicyclic amines) is 1. The van der Waals surface area contributed by atoms with Crippen LogP contribution >= 0.6 is 0 Å². The molecule has 0 radical (unpaired) electrons. The van der Waals surface area contributed by atoms with E-state index in [-0.39, 0.29) is 11.9 Å². The van der Waals surface area contributed by atoms with E-state index in [9.17, 15) is 9.59 Å². The summed E-state index contributed by atoms with van der Waals surface area (Å²) in [6, 6.07) is 10.4. The van der Waals surface area contributed by atoms with E-state index < -0.39 is 5.91 Å². The van der Waals surface area contributed by atoms with Crippen molar-refractivity contribution in [2.75, 3.05) is 23.7 Å². The molecule has 1 aromatic heterocycles.